The second-order valence-electron chi connectivity index (χ2n) is 9.11. The monoisotopic (exact) mass is 533 g/mol. The first-order valence-electron chi connectivity index (χ1n) is 13.4. The molecule has 0 radical (unpaired) electrons. The molecule has 0 aliphatic rings. The molecule has 0 saturated carbocycles. The summed E-state index contributed by atoms with van der Waals surface area (Å²) in [6.45, 7) is 4.64. The average molecular weight is 534 g/mol. The summed E-state index contributed by atoms with van der Waals surface area (Å²) in [6.07, 6.45) is 26.3. The van der Waals surface area contributed by atoms with E-state index in [9.17, 15) is 9.46 Å². The number of aromatic nitrogens is 4. The molecule has 37 heavy (non-hydrogen) atoms. The van der Waals surface area contributed by atoms with Gasteiger partial charge in [-0.25, -0.2) is 15.0 Å². The van der Waals surface area contributed by atoms with E-state index >= 15 is 0 Å². The van der Waals surface area contributed by atoms with Gasteiger partial charge in [-0.2, -0.15) is 0 Å². The molecule has 206 valence electrons. The van der Waals surface area contributed by atoms with Crippen molar-refractivity contribution >= 4 is 24.6 Å². The van der Waals surface area contributed by atoms with Gasteiger partial charge in [-0.05, 0) is 45.4 Å². The number of fused-ring (bicyclic) bond motifs is 1. The van der Waals surface area contributed by atoms with Crippen molar-refractivity contribution in [2.45, 2.75) is 90.7 Å². The molecule has 1 unspecified atom stereocenters. The topological polar surface area (TPSA) is 125 Å². The fraction of sp³-hybridized carbons (Fsp3) is 0.593. The van der Waals surface area contributed by atoms with Gasteiger partial charge in [0.1, 0.15) is 18.2 Å². The quantitative estimate of drug-likeness (QED) is 0.111. The number of ether oxygens (including phenoxy) is 1. The van der Waals surface area contributed by atoms with Gasteiger partial charge >= 0.3 is 7.60 Å². The van der Waals surface area contributed by atoms with Crippen LogP contribution >= 0.6 is 7.60 Å². The van der Waals surface area contributed by atoms with Crippen LogP contribution in [0, 0.1) is 0 Å². The number of imidazole rings is 1. The minimum atomic E-state index is -3.79. The summed E-state index contributed by atoms with van der Waals surface area (Å²) in [5.74, 6) is 0.313. The van der Waals surface area contributed by atoms with Crippen LogP contribution in [-0.2, 0) is 20.4 Å². The van der Waals surface area contributed by atoms with Gasteiger partial charge in [0.2, 0.25) is 0 Å². The van der Waals surface area contributed by atoms with Gasteiger partial charge in [-0.1, -0.05) is 69.1 Å². The lowest BCUT2D eigenvalue weighted by molar-refractivity contribution is 0.0715. The molecule has 2 aromatic rings. The van der Waals surface area contributed by atoms with Gasteiger partial charge in [-0.3, -0.25) is 4.57 Å². The second-order valence-corrected chi connectivity index (χ2v) is 10.9. The van der Waals surface area contributed by atoms with Gasteiger partial charge in [0.15, 0.2) is 11.5 Å². The number of nitrogens with zero attached hydrogens (tertiary/aromatic N) is 4. The van der Waals surface area contributed by atoms with Crippen molar-refractivity contribution < 1.29 is 18.7 Å². The zero-order chi connectivity index (χ0) is 26.8. The fourth-order valence-electron chi connectivity index (χ4n) is 3.73. The summed E-state index contributed by atoms with van der Waals surface area (Å²) >= 11 is 0. The Morgan fingerprint density at radius 3 is 2.43 bits per heavy atom. The molecule has 2 heterocycles. The Labute approximate surface area is 221 Å². The summed E-state index contributed by atoms with van der Waals surface area (Å²) in [4.78, 5) is 22.4. The average Bonchev–Trinajstić information content (AvgIpc) is 3.28. The third kappa shape index (κ3) is 13.2. The van der Waals surface area contributed by atoms with Crippen LogP contribution in [0.3, 0.4) is 0 Å². The Hall–Kier alpha value is -2.32. The highest BCUT2D eigenvalue weighted by atomic mass is 31.2. The predicted octanol–water partition coefficient (Wildman–Crippen LogP) is 6.56. The number of unbranched alkanes of at least 4 members (excludes halogenated alkanes) is 6. The highest BCUT2D eigenvalue weighted by Crippen LogP contribution is 2.42. The number of nitrogen functional groups attached to an aromatic ring is 1. The van der Waals surface area contributed by atoms with E-state index in [-0.39, 0.29) is 19.1 Å². The van der Waals surface area contributed by atoms with Gasteiger partial charge < -0.3 is 24.5 Å². The minimum absolute atomic E-state index is 0.262. The molecule has 10 heteroatoms. The summed E-state index contributed by atoms with van der Waals surface area (Å²) in [5, 5.41) is 0. The maximum absolute atomic E-state index is 12.3. The molecule has 0 saturated heterocycles. The Balaban J connectivity index is 1.47. The Morgan fingerprint density at radius 2 is 1.68 bits per heavy atom. The molecule has 0 fully saturated rings. The van der Waals surface area contributed by atoms with E-state index in [0.717, 1.165) is 44.9 Å². The van der Waals surface area contributed by atoms with E-state index in [4.69, 9.17) is 15.0 Å². The SMILES string of the molecule is CC/C=C\C/C=C\C/C=C\CCCCCCCCOP(=O)(O)CO[C@H](C)Cn1cnc2c(N)ncnc21. The minimum Gasteiger partial charge on any atom is -0.382 e. The van der Waals surface area contributed by atoms with E-state index in [0.29, 0.717) is 23.5 Å². The lowest BCUT2D eigenvalue weighted by Crippen LogP contribution is -2.17. The molecule has 9 nitrogen and oxygen atoms in total. The van der Waals surface area contributed by atoms with Crippen molar-refractivity contribution in [3.8, 4) is 0 Å². The third-order valence-electron chi connectivity index (χ3n) is 5.74. The number of hydrogen-bond acceptors (Lipinski definition) is 7. The second kappa shape index (κ2) is 18.0. The molecule has 0 aromatic carbocycles. The molecule has 2 rings (SSSR count). The van der Waals surface area contributed by atoms with Gasteiger partial charge in [0.05, 0.1) is 25.6 Å². The highest BCUT2D eigenvalue weighted by molar-refractivity contribution is 7.52. The molecule has 0 spiro atoms. The van der Waals surface area contributed by atoms with Gasteiger partial charge in [0, 0.05) is 0 Å². The van der Waals surface area contributed by atoms with Crippen LogP contribution in [0.4, 0.5) is 5.82 Å². The molecule has 2 aromatic heterocycles. The van der Waals surface area contributed by atoms with Crippen LogP contribution in [0.2, 0.25) is 0 Å². The van der Waals surface area contributed by atoms with Crippen molar-refractivity contribution in [3.05, 3.63) is 49.1 Å². The van der Waals surface area contributed by atoms with Crippen molar-refractivity contribution in [1.82, 2.24) is 19.5 Å². The molecule has 0 aliphatic carbocycles. The molecule has 3 N–H and O–H groups in total. The lowest BCUT2D eigenvalue weighted by Gasteiger charge is -2.17. The summed E-state index contributed by atoms with van der Waals surface area (Å²) < 4.78 is 24.9. The Bertz CT molecular complexity index is 1040. The number of rotatable bonds is 20. The van der Waals surface area contributed by atoms with E-state index in [2.05, 4.69) is 58.3 Å². The molecule has 0 amide bonds. The van der Waals surface area contributed by atoms with Gasteiger partial charge in [0.25, 0.3) is 0 Å². The van der Waals surface area contributed by atoms with Crippen LogP contribution in [0.15, 0.2) is 49.1 Å². The van der Waals surface area contributed by atoms with Crippen LogP contribution in [0.25, 0.3) is 11.2 Å². The first-order valence-corrected chi connectivity index (χ1v) is 15.1. The largest absolute Gasteiger partial charge is 0.382 e. The van der Waals surface area contributed by atoms with Crippen LogP contribution in [0.1, 0.15) is 78.1 Å². The summed E-state index contributed by atoms with van der Waals surface area (Å²) in [6, 6.07) is 0. The first-order chi connectivity index (χ1) is 17.9. The molecule has 2 atom stereocenters. The van der Waals surface area contributed by atoms with Gasteiger partial charge in [-0.15, -0.1) is 0 Å². The normalized spacial score (nSPS) is 14.9. The van der Waals surface area contributed by atoms with Crippen LogP contribution in [-0.4, -0.2) is 43.5 Å². The fourth-order valence-corrected chi connectivity index (χ4v) is 4.66. The molecular formula is C27H44N5O4P. The van der Waals surface area contributed by atoms with Crippen molar-refractivity contribution in [1.29, 1.82) is 0 Å². The number of nitrogens with two attached hydrogens (primary N) is 1. The van der Waals surface area contributed by atoms with E-state index in [1.165, 1.54) is 25.6 Å². The maximum atomic E-state index is 12.3. The zero-order valence-electron chi connectivity index (χ0n) is 22.4. The first kappa shape index (κ1) is 30.9. The van der Waals surface area contributed by atoms with Crippen molar-refractivity contribution in [2.75, 3.05) is 18.7 Å². The summed E-state index contributed by atoms with van der Waals surface area (Å²) in [7, 11) is -3.79. The molecular weight excluding hydrogens is 489 g/mol. The van der Waals surface area contributed by atoms with E-state index in [1.54, 1.807) is 10.9 Å². The standard InChI is InChI=1S/C27H44N5O4P/c1-3-4-5-6-7-8-9-10-11-12-13-14-15-16-17-18-19-36-37(33,34)23-35-24(2)20-32-22-31-25-26(28)29-21-30-27(25)32/h4-5,7-8,10-11,21-22,24H,3,6,9,12-20,23H2,1-2H3,(H,33,34)(H2,28,29,30)/b5-4-,8-7-,11-10-/t24-/m1/s1. The summed E-state index contributed by atoms with van der Waals surface area (Å²) in [5.41, 5.74) is 6.93. The van der Waals surface area contributed by atoms with Crippen molar-refractivity contribution in [3.63, 3.8) is 0 Å². The smallest absolute Gasteiger partial charge is 0.353 e. The van der Waals surface area contributed by atoms with E-state index in [1.807, 2.05) is 6.92 Å². The Morgan fingerprint density at radius 1 is 1.00 bits per heavy atom. The Kier molecular flexibility index (Phi) is 15.0. The van der Waals surface area contributed by atoms with E-state index < -0.39 is 7.60 Å². The van der Waals surface area contributed by atoms with Crippen LogP contribution in [0.5, 0.6) is 0 Å². The van der Waals surface area contributed by atoms with Crippen LogP contribution < -0.4 is 5.73 Å². The number of allylic oxidation sites excluding steroid dienone is 6. The number of hydrogen-bond donors (Lipinski definition) is 2. The van der Waals surface area contributed by atoms with Crippen molar-refractivity contribution in [2.24, 2.45) is 0 Å². The number of anilines is 1. The predicted molar refractivity (Wildman–Crippen MR) is 150 cm³/mol. The maximum Gasteiger partial charge on any atom is 0.353 e. The third-order valence-corrected chi connectivity index (χ3v) is 6.81. The molecule has 0 bridgehead atoms. The highest BCUT2D eigenvalue weighted by Gasteiger charge is 2.21. The molecule has 0 aliphatic heterocycles. The zero-order valence-corrected chi connectivity index (χ0v) is 23.3. The lowest BCUT2D eigenvalue weighted by atomic mass is 10.1.